The van der Waals surface area contributed by atoms with Crippen molar-refractivity contribution in [3.05, 3.63) is 115 Å². The molecule has 5 rings (SSSR count). The molecular formula is C27H25NOSi. The van der Waals surface area contributed by atoms with Gasteiger partial charge < -0.3 is 9.64 Å². The molecule has 0 saturated carbocycles. The second-order valence-corrected chi connectivity index (χ2v) is 11.9. The van der Waals surface area contributed by atoms with Crippen LogP contribution in [0.4, 0.5) is 5.69 Å². The van der Waals surface area contributed by atoms with E-state index in [1.54, 1.807) is 0 Å². The number of fused-ring (bicyclic) bond motifs is 1. The predicted octanol–water partition coefficient (Wildman–Crippen LogP) is 4.14. The number of rotatable bonds is 4. The van der Waals surface area contributed by atoms with E-state index in [1.807, 2.05) is 0 Å². The fourth-order valence-corrected chi connectivity index (χ4v) is 8.28. The first kappa shape index (κ1) is 18.7. The molecule has 0 radical (unpaired) electrons. The van der Waals surface area contributed by atoms with Crippen molar-refractivity contribution in [2.75, 3.05) is 11.6 Å². The molecule has 4 aromatic rings. The highest BCUT2D eigenvalue weighted by Crippen LogP contribution is 2.28. The summed E-state index contributed by atoms with van der Waals surface area (Å²) in [4.78, 5) is 2.29. The van der Waals surface area contributed by atoms with Crippen molar-refractivity contribution in [1.82, 2.24) is 0 Å². The van der Waals surface area contributed by atoms with E-state index in [9.17, 15) is 0 Å². The van der Waals surface area contributed by atoms with Crippen LogP contribution in [0.25, 0.3) is 0 Å². The molecule has 0 aliphatic carbocycles. The van der Waals surface area contributed by atoms with Gasteiger partial charge in [-0.25, -0.2) is 0 Å². The Morgan fingerprint density at radius 3 is 1.83 bits per heavy atom. The van der Waals surface area contributed by atoms with Gasteiger partial charge in [0.1, 0.15) is 13.8 Å². The summed E-state index contributed by atoms with van der Waals surface area (Å²) in [6.45, 7) is 3.88. The van der Waals surface area contributed by atoms with Crippen LogP contribution in [0.1, 0.15) is 5.56 Å². The summed E-state index contributed by atoms with van der Waals surface area (Å²) in [6.07, 6.45) is 0. The van der Waals surface area contributed by atoms with E-state index in [0.717, 1.165) is 12.3 Å². The van der Waals surface area contributed by atoms with Gasteiger partial charge >= 0.3 is 0 Å². The molecule has 0 saturated heterocycles. The van der Waals surface area contributed by atoms with Crippen LogP contribution >= 0.6 is 0 Å². The van der Waals surface area contributed by atoms with E-state index in [2.05, 4.69) is 121 Å². The second-order valence-electron chi connectivity index (χ2n) is 7.96. The number of hydrogen-bond donors (Lipinski definition) is 0. The molecule has 0 spiro atoms. The Hall–Kier alpha value is -3.30. The van der Waals surface area contributed by atoms with Gasteiger partial charge in [-0.2, -0.15) is 0 Å². The molecule has 1 aliphatic heterocycles. The number of para-hydroxylation sites is 2. The van der Waals surface area contributed by atoms with E-state index < -0.39 is 8.07 Å². The van der Waals surface area contributed by atoms with E-state index in [1.165, 1.54) is 26.8 Å². The summed E-state index contributed by atoms with van der Waals surface area (Å²) >= 11 is 0. The lowest BCUT2D eigenvalue weighted by molar-refractivity contribution is 0.292. The zero-order chi connectivity index (χ0) is 20.4. The molecule has 1 heterocycles. The summed E-state index contributed by atoms with van der Waals surface area (Å²) in [5, 5.41) is 4.16. The molecule has 3 heteroatoms. The molecule has 30 heavy (non-hydrogen) atoms. The smallest absolute Gasteiger partial charge is 0.161 e. The van der Waals surface area contributed by atoms with Crippen molar-refractivity contribution in [3.8, 4) is 5.75 Å². The Kier molecular flexibility index (Phi) is 4.89. The van der Waals surface area contributed by atoms with E-state index in [-0.39, 0.29) is 0 Å². The number of anilines is 1. The van der Waals surface area contributed by atoms with Gasteiger partial charge in [0.25, 0.3) is 0 Å². The monoisotopic (exact) mass is 407 g/mol. The first-order valence-corrected chi connectivity index (χ1v) is 12.9. The molecular weight excluding hydrogens is 382 g/mol. The number of nitrogens with zero attached hydrogens (tertiary/aromatic N) is 1. The Labute approximate surface area is 179 Å². The fourth-order valence-electron chi connectivity index (χ4n) is 4.49. The molecule has 0 bridgehead atoms. The van der Waals surface area contributed by atoms with Crippen molar-refractivity contribution in [2.24, 2.45) is 0 Å². The fraction of sp³-hybridized carbons (Fsp3) is 0.111. The summed E-state index contributed by atoms with van der Waals surface area (Å²) in [5.74, 6) is 1.08. The second kappa shape index (κ2) is 7.85. The van der Waals surface area contributed by atoms with E-state index in [0.29, 0.717) is 6.73 Å². The summed E-state index contributed by atoms with van der Waals surface area (Å²) in [6, 6.07) is 39.1. The van der Waals surface area contributed by atoms with Crippen molar-refractivity contribution in [2.45, 2.75) is 13.1 Å². The van der Waals surface area contributed by atoms with Crippen LogP contribution in [-0.4, -0.2) is 14.8 Å². The standard InChI is InChI=1S/C27H25NOSi/c1-30(24-15-7-3-8-16-24,25-17-9-4-10-18-25)26-19-11-12-22-20-28(21-29-27(22)26)23-13-5-2-6-14-23/h2-19H,20-21H2,1H3. The van der Waals surface area contributed by atoms with Crippen LogP contribution in [0.5, 0.6) is 5.75 Å². The third-order valence-corrected chi connectivity index (χ3v) is 10.6. The minimum absolute atomic E-state index is 0.572. The quantitative estimate of drug-likeness (QED) is 0.372. The van der Waals surface area contributed by atoms with Crippen molar-refractivity contribution in [3.63, 3.8) is 0 Å². The van der Waals surface area contributed by atoms with Crippen LogP contribution in [-0.2, 0) is 6.54 Å². The highest BCUT2D eigenvalue weighted by molar-refractivity contribution is 7.11. The lowest BCUT2D eigenvalue weighted by atomic mass is 10.1. The average Bonchev–Trinajstić information content (AvgIpc) is 2.84. The maximum Gasteiger partial charge on any atom is 0.161 e. The summed E-state index contributed by atoms with van der Waals surface area (Å²) in [7, 11) is -2.20. The van der Waals surface area contributed by atoms with Gasteiger partial charge in [0.05, 0.1) is 0 Å². The Balaban J connectivity index is 1.63. The van der Waals surface area contributed by atoms with E-state index >= 15 is 0 Å². The van der Waals surface area contributed by atoms with Gasteiger partial charge in [0.2, 0.25) is 0 Å². The van der Waals surface area contributed by atoms with Crippen molar-refractivity contribution < 1.29 is 4.74 Å². The Bertz CT molecular complexity index is 1090. The van der Waals surface area contributed by atoms with Gasteiger partial charge in [0.15, 0.2) is 6.73 Å². The van der Waals surface area contributed by atoms with E-state index in [4.69, 9.17) is 4.74 Å². The Morgan fingerprint density at radius 1 is 0.667 bits per heavy atom. The van der Waals surface area contributed by atoms with Gasteiger partial charge in [-0.15, -0.1) is 0 Å². The topological polar surface area (TPSA) is 12.5 Å². The number of benzene rings is 4. The molecule has 2 nitrogen and oxygen atoms in total. The van der Waals surface area contributed by atoms with Gasteiger partial charge in [0, 0.05) is 17.8 Å². The molecule has 1 aliphatic rings. The Morgan fingerprint density at radius 2 is 1.23 bits per heavy atom. The third-order valence-electron chi connectivity index (χ3n) is 6.18. The third kappa shape index (κ3) is 3.21. The first-order chi connectivity index (χ1) is 14.8. The highest BCUT2D eigenvalue weighted by atomic mass is 28.3. The van der Waals surface area contributed by atoms with Crippen LogP contribution in [0, 0.1) is 0 Å². The molecule has 0 amide bonds. The van der Waals surface area contributed by atoms with Crippen molar-refractivity contribution >= 4 is 29.3 Å². The minimum Gasteiger partial charge on any atom is -0.473 e. The number of hydrogen-bond acceptors (Lipinski definition) is 2. The molecule has 148 valence electrons. The molecule has 0 atom stereocenters. The lowest BCUT2D eigenvalue weighted by Gasteiger charge is -2.36. The molecule has 0 fully saturated rings. The summed E-state index contributed by atoms with van der Waals surface area (Å²) in [5.41, 5.74) is 2.45. The predicted molar refractivity (Wildman–Crippen MR) is 128 cm³/mol. The largest absolute Gasteiger partial charge is 0.473 e. The first-order valence-electron chi connectivity index (χ1n) is 10.4. The van der Waals surface area contributed by atoms with Gasteiger partial charge in [-0.1, -0.05) is 104 Å². The zero-order valence-electron chi connectivity index (χ0n) is 17.2. The maximum atomic E-state index is 6.47. The van der Waals surface area contributed by atoms with Gasteiger partial charge in [-0.05, 0) is 27.7 Å². The molecule has 0 aromatic heterocycles. The zero-order valence-corrected chi connectivity index (χ0v) is 18.2. The summed E-state index contributed by atoms with van der Waals surface area (Å²) < 4.78 is 6.47. The van der Waals surface area contributed by atoms with Crippen LogP contribution in [0.15, 0.2) is 109 Å². The molecule has 0 N–H and O–H groups in total. The van der Waals surface area contributed by atoms with Crippen LogP contribution in [0.2, 0.25) is 6.55 Å². The average molecular weight is 408 g/mol. The maximum absolute atomic E-state index is 6.47. The molecule has 0 unspecified atom stereocenters. The van der Waals surface area contributed by atoms with Crippen LogP contribution in [0.3, 0.4) is 0 Å². The molecule has 4 aromatic carbocycles. The number of ether oxygens (including phenoxy) is 1. The van der Waals surface area contributed by atoms with Gasteiger partial charge in [-0.3, -0.25) is 0 Å². The lowest BCUT2D eigenvalue weighted by Crippen LogP contribution is -2.65. The minimum atomic E-state index is -2.20. The SMILES string of the molecule is C[Si](c1ccccc1)(c1ccccc1)c1cccc2c1OCN(c1ccccc1)C2. The normalized spacial score (nSPS) is 13.4. The van der Waals surface area contributed by atoms with Crippen molar-refractivity contribution in [1.29, 1.82) is 0 Å². The van der Waals surface area contributed by atoms with Crippen LogP contribution < -0.4 is 25.2 Å². The highest BCUT2D eigenvalue weighted by Gasteiger charge is 2.38.